The summed E-state index contributed by atoms with van der Waals surface area (Å²) in [5.41, 5.74) is 1.08. The van der Waals surface area contributed by atoms with E-state index in [2.05, 4.69) is 10.2 Å². The molecule has 2 saturated heterocycles. The monoisotopic (exact) mass is 328 g/mol. The minimum Gasteiger partial charge on any atom is -0.374 e. The van der Waals surface area contributed by atoms with Crippen LogP contribution in [-0.4, -0.2) is 49.8 Å². The summed E-state index contributed by atoms with van der Waals surface area (Å²) in [6.45, 7) is 3.07. The van der Waals surface area contributed by atoms with E-state index in [9.17, 15) is 0 Å². The molecule has 2 heterocycles. The zero-order valence-electron chi connectivity index (χ0n) is 12.3. The van der Waals surface area contributed by atoms with Gasteiger partial charge in [-0.3, -0.25) is 4.90 Å². The molecular formula is C16H22Cl2N2O. The number of likely N-dealkylation sites (N-methyl/N-ethyl adjacent to an activating group) is 1. The Labute approximate surface area is 136 Å². The van der Waals surface area contributed by atoms with Crippen LogP contribution in [0.25, 0.3) is 0 Å². The number of hydrogen-bond donors (Lipinski definition) is 1. The maximum absolute atomic E-state index is 6.31. The number of rotatable bonds is 4. The van der Waals surface area contributed by atoms with E-state index in [-0.39, 0.29) is 12.1 Å². The number of ether oxygens (including phenoxy) is 1. The Morgan fingerprint density at radius 3 is 3.10 bits per heavy atom. The summed E-state index contributed by atoms with van der Waals surface area (Å²) >= 11 is 12.4. The van der Waals surface area contributed by atoms with Crippen LogP contribution >= 0.6 is 23.2 Å². The molecule has 0 amide bonds. The highest BCUT2D eigenvalue weighted by Crippen LogP contribution is 2.29. The molecule has 3 nitrogen and oxygen atoms in total. The zero-order chi connectivity index (χ0) is 14.8. The van der Waals surface area contributed by atoms with Gasteiger partial charge < -0.3 is 10.1 Å². The molecule has 0 aliphatic carbocycles. The minimum atomic E-state index is 0.208. The first-order valence-electron chi connectivity index (χ1n) is 7.65. The number of hydrogen-bond acceptors (Lipinski definition) is 3. The van der Waals surface area contributed by atoms with Crippen LogP contribution in [0.1, 0.15) is 18.4 Å². The number of nitrogens with zero attached hydrogens (tertiary/aromatic N) is 1. The van der Waals surface area contributed by atoms with E-state index in [0.717, 1.165) is 25.1 Å². The largest absolute Gasteiger partial charge is 0.374 e. The molecule has 3 atom stereocenters. The summed E-state index contributed by atoms with van der Waals surface area (Å²) in [5, 5.41) is 4.67. The smallest absolute Gasteiger partial charge is 0.0858 e. The third kappa shape index (κ3) is 3.38. The first-order chi connectivity index (χ1) is 10.2. The van der Waals surface area contributed by atoms with Crippen molar-refractivity contribution in [2.75, 3.05) is 26.7 Å². The van der Waals surface area contributed by atoms with Gasteiger partial charge in [0.25, 0.3) is 0 Å². The molecule has 1 aromatic rings. The van der Waals surface area contributed by atoms with Gasteiger partial charge >= 0.3 is 0 Å². The van der Waals surface area contributed by atoms with E-state index in [1.165, 1.54) is 19.4 Å². The van der Waals surface area contributed by atoms with Crippen molar-refractivity contribution in [1.82, 2.24) is 10.2 Å². The molecule has 1 aromatic carbocycles. The van der Waals surface area contributed by atoms with E-state index in [1.54, 1.807) is 0 Å². The van der Waals surface area contributed by atoms with Gasteiger partial charge in [-0.05, 0) is 44.5 Å². The van der Waals surface area contributed by atoms with Crippen molar-refractivity contribution in [3.8, 4) is 0 Å². The summed E-state index contributed by atoms with van der Waals surface area (Å²) in [5.74, 6) is 0. The normalized spacial score (nSPS) is 27.6. The van der Waals surface area contributed by atoms with Gasteiger partial charge in [-0.1, -0.05) is 35.3 Å². The second-order valence-electron chi connectivity index (χ2n) is 5.98. The fourth-order valence-electron chi connectivity index (χ4n) is 3.45. The second-order valence-corrected chi connectivity index (χ2v) is 6.76. The van der Waals surface area contributed by atoms with Crippen LogP contribution in [0.4, 0.5) is 0 Å². The maximum atomic E-state index is 6.31. The Morgan fingerprint density at radius 1 is 1.43 bits per heavy atom. The maximum Gasteiger partial charge on any atom is 0.0858 e. The second kappa shape index (κ2) is 6.84. The van der Waals surface area contributed by atoms with Gasteiger partial charge in [0.2, 0.25) is 0 Å². The average molecular weight is 329 g/mol. The number of fused-ring (bicyclic) bond motifs is 1. The molecule has 0 spiro atoms. The highest BCUT2D eigenvalue weighted by molar-refractivity contribution is 6.42. The predicted octanol–water partition coefficient (Wildman–Crippen LogP) is 2.99. The molecule has 116 valence electrons. The highest BCUT2D eigenvalue weighted by Gasteiger charge is 2.35. The van der Waals surface area contributed by atoms with Crippen LogP contribution in [0.3, 0.4) is 0 Å². The summed E-state index contributed by atoms with van der Waals surface area (Å²) < 4.78 is 6.11. The summed E-state index contributed by atoms with van der Waals surface area (Å²) in [6.07, 6.45) is 3.61. The van der Waals surface area contributed by atoms with Crippen molar-refractivity contribution < 1.29 is 4.74 Å². The van der Waals surface area contributed by atoms with Gasteiger partial charge in [0.05, 0.1) is 22.8 Å². The fourth-order valence-corrected chi connectivity index (χ4v) is 3.85. The minimum absolute atomic E-state index is 0.208. The van der Waals surface area contributed by atoms with Crippen molar-refractivity contribution in [1.29, 1.82) is 0 Å². The molecule has 2 aliphatic heterocycles. The average Bonchev–Trinajstić information content (AvgIpc) is 2.96. The lowest BCUT2D eigenvalue weighted by molar-refractivity contribution is -0.0634. The van der Waals surface area contributed by atoms with Crippen LogP contribution in [0.15, 0.2) is 18.2 Å². The lowest BCUT2D eigenvalue weighted by Crippen LogP contribution is -2.54. The van der Waals surface area contributed by atoms with E-state index in [1.807, 2.05) is 25.2 Å². The Morgan fingerprint density at radius 2 is 2.29 bits per heavy atom. The van der Waals surface area contributed by atoms with Gasteiger partial charge in [0.1, 0.15) is 0 Å². The number of halogens is 2. The fraction of sp³-hybridized carbons (Fsp3) is 0.625. The molecule has 3 unspecified atom stereocenters. The molecule has 2 fully saturated rings. The van der Waals surface area contributed by atoms with Crippen LogP contribution in [0.2, 0.25) is 10.0 Å². The molecule has 0 aromatic heterocycles. The topological polar surface area (TPSA) is 24.5 Å². The van der Waals surface area contributed by atoms with E-state index >= 15 is 0 Å². The zero-order valence-corrected chi connectivity index (χ0v) is 13.8. The van der Waals surface area contributed by atoms with Gasteiger partial charge in [-0.15, -0.1) is 0 Å². The van der Waals surface area contributed by atoms with E-state index in [4.69, 9.17) is 27.9 Å². The van der Waals surface area contributed by atoms with E-state index in [0.29, 0.717) is 16.1 Å². The van der Waals surface area contributed by atoms with E-state index < -0.39 is 0 Å². The Bertz CT molecular complexity index is 497. The third-order valence-corrected chi connectivity index (χ3v) is 5.57. The molecule has 21 heavy (non-hydrogen) atoms. The Hall–Kier alpha value is -0.320. The van der Waals surface area contributed by atoms with Crippen molar-refractivity contribution in [2.24, 2.45) is 0 Å². The molecule has 0 radical (unpaired) electrons. The molecule has 2 aliphatic rings. The number of nitrogens with one attached hydrogen (secondary N) is 1. The SMILES string of the molecule is CNC(Cc1cccc(Cl)c1Cl)C1CN2CCCC2CO1. The lowest BCUT2D eigenvalue weighted by Gasteiger charge is -2.39. The van der Waals surface area contributed by atoms with Crippen molar-refractivity contribution in [3.05, 3.63) is 33.8 Å². The molecule has 3 rings (SSSR count). The first-order valence-corrected chi connectivity index (χ1v) is 8.40. The number of morpholine rings is 1. The summed E-state index contributed by atoms with van der Waals surface area (Å²) in [7, 11) is 1.99. The van der Waals surface area contributed by atoms with Gasteiger partial charge in [-0.25, -0.2) is 0 Å². The molecule has 0 saturated carbocycles. The van der Waals surface area contributed by atoms with Gasteiger partial charge in [0, 0.05) is 18.6 Å². The van der Waals surface area contributed by atoms with Crippen LogP contribution in [0, 0.1) is 0 Å². The van der Waals surface area contributed by atoms with Crippen molar-refractivity contribution >= 4 is 23.2 Å². The molecule has 0 bridgehead atoms. The molecular weight excluding hydrogens is 307 g/mol. The van der Waals surface area contributed by atoms with Crippen LogP contribution in [0.5, 0.6) is 0 Å². The Balaban J connectivity index is 1.69. The van der Waals surface area contributed by atoms with Gasteiger partial charge in [0.15, 0.2) is 0 Å². The van der Waals surface area contributed by atoms with Crippen molar-refractivity contribution in [3.63, 3.8) is 0 Å². The van der Waals surface area contributed by atoms with Crippen molar-refractivity contribution in [2.45, 2.75) is 37.5 Å². The van der Waals surface area contributed by atoms with Crippen LogP contribution < -0.4 is 5.32 Å². The molecule has 5 heteroatoms. The number of benzene rings is 1. The van der Waals surface area contributed by atoms with Crippen LogP contribution in [-0.2, 0) is 11.2 Å². The Kier molecular flexibility index (Phi) is 5.07. The summed E-state index contributed by atoms with van der Waals surface area (Å²) in [4.78, 5) is 2.57. The predicted molar refractivity (Wildman–Crippen MR) is 87.3 cm³/mol. The highest BCUT2D eigenvalue weighted by atomic mass is 35.5. The van der Waals surface area contributed by atoms with Gasteiger partial charge in [-0.2, -0.15) is 0 Å². The third-order valence-electron chi connectivity index (χ3n) is 4.71. The molecule has 1 N–H and O–H groups in total. The first kappa shape index (κ1) is 15.6. The summed E-state index contributed by atoms with van der Waals surface area (Å²) in [6, 6.07) is 6.71. The lowest BCUT2D eigenvalue weighted by atomic mass is 9.99. The standard InChI is InChI=1S/C16H22Cl2N2O/c1-19-14(8-11-4-2-6-13(17)16(11)18)15-9-20-7-3-5-12(20)10-21-15/h2,4,6,12,14-15,19H,3,5,7-10H2,1H3. The quantitative estimate of drug-likeness (QED) is 0.919.